The maximum absolute atomic E-state index is 10.0. The molecule has 3 heteroatoms. The van der Waals surface area contributed by atoms with Gasteiger partial charge in [0, 0.05) is 5.57 Å². The Morgan fingerprint density at radius 1 is 1.86 bits per heavy atom. The van der Waals surface area contributed by atoms with Crippen molar-refractivity contribution in [1.82, 2.24) is 0 Å². The molecule has 0 bridgehead atoms. The Hall–Kier alpha value is -0.440. The molecule has 0 aromatic heterocycles. The van der Waals surface area contributed by atoms with E-state index in [1.54, 1.807) is 0 Å². The Balaban J connectivity index is 3.82. The van der Waals surface area contributed by atoms with Crippen LogP contribution >= 0.6 is 12.6 Å². The van der Waals surface area contributed by atoms with Crippen LogP contribution in [-0.4, -0.2) is 10.2 Å². The van der Waals surface area contributed by atoms with Crippen molar-refractivity contribution in [3.63, 3.8) is 0 Å². The highest BCUT2D eigenvalue weighted by Gasteiger charge is 1.92. The second-order valence-corrected chi connectivity index (χ2v) is 1.52. The van der Waals surface area contributed by atoms with Crippen molar-refractivity contribution < 1.29 is 9.90 Å². The van der Waals surface area contributed by atoms with Gasteiger partial charge in [0.05, 0.1) is 6.26 Å². The summed E-state index contributed by atoms with van der Waals surface area (Å²) in [4.78, 5) is 10.0. The summed E-state index contributed by atoms with van der Waals surface area (Å²) in [6.45, 7) is 1.48. The Morgan fingerprint density at radius 2 is 2.29 bits per heavy atom. The average molecular weight is 118 g/mol. The fraction of sp³-hybridized carbons (Fsp3) is 0.250. The molecular weight excluding hydrogens is 112 g/mol. The van der Waals surface area contributed by atoms with Crippen LogP contribution in [-0.2, 0) is 4.79 Å². The molecule has 1 N–H and O–H groups in total. The summed E-state index contributed by atoms with van der Waals surface area (Å²) in [6.07, 6.45) is 0.731. The van der Waals surface area contributed by atoms with E-state index in [-0.39, 0.29) is 5.57 Å². The Kier molecular flexibility index (Phi) is 2.52. The third kappa shape index (κ3) is 2.28. The van der Waals surface area contributed by atoms with E-state index in [1.807, 2.05) is 0 Å². The minimum atomic E-state index is -0.400. The molecule has 0 fully saturated rings. The van der Waals surface area contributed by atoms with Crippen molar-refractivity contribution in [2.24, 2.45) is 0 Å². The molecule has 0 spiro atoms. The van der Waals surface area contributed by atoms with E-state index < -0.39 is 5.12 Å². The van der Waals surface area contributed by atoms with Crippen LogP contribution in [0.2, 0.25) is 0 Å². The van der Waals surface area contributed by atoms with Gasteiger partial charge in [0.25, 0.3) is 0 Å². The number of hydrogen-bond donors (Lipinski definition) is 2. The first-order valence-electron chi connectivity index (χ1n) is 1.72. The molecule has 0 aliphatic carbocycles. The number of hydrogen-bond acceptors (Lipinski definition) is 2. The lowest BCUT2D eigenvalue weighted by atomic mass is 10.4. The third-order valence-corrected chi connectivity index (χ3v) is 0.884. The van der Waals surface area contributed by atoms with Crippen LogP contribution in [0.3, 0.4) is 0 Å². The molecule has 2 nitrogen and oxygen atoms in total. The molecular formula is C4H6O2S. The van der Waals surface area contributed by atoms with E-state index in [0.29, 0.717) is 0 Å². The standard InChI is InChI=1S/C4H6O2S/c1-3(2-5)4(6)7/h2,5H,1H3,(H,6,7). The Bertz CT molecular complexity index is 106. The van der Waals surface area contributed by atoms with E-state index in [2.05, 4.69) is 12.6 Å². The summed E-state index contributed by atoms with van der Waals surface area (Å²) in [5.41, 5.74) is 0.253. The number of aliphatic hydroxyl groups is 1. The molecule has 0 aromatic carbocycles. The molecule has 0 amide bonds. The summed E-state index contributed by atoms with van der Waals surface area (Å²) in [5, 5.41) is 7.67. The molecule has 0 heterocycles. The van der Waals surface area contributed by atoms with E-state index in [0.717, 1.165) is 6.26 Å². The quantitative estimate of drug-likeness (QED) is 0.305. The molecule has 0 atom stereocenters. The van der Waals surface area contributed by atoms with Gasteiger partial charge < -0.3 is 5.11 Å². The van der Waals surface area contributed by atoms with Crippen LogP contribution in [0, 0.1) is 0 Å². The highest BCUT2D eigenvalue weighted by molar-refractivity contribution is 7.97. The van der Waals surface area contributed by atoms with Crippen LogP contribution in [0.15, 0.2) is 11.8 Å². The topological polar surface area (TPSA) is 37.3 Å². The summed E-state index contributed by atoms with van der Waals surface area (Å²) in [7, 11) is 0. The maximum atomic E-state index is 10.0. The largest absolute Gasteiger partial charge is 0.515 e. The van der Waals surface area contributed by atoms with Gasteiger partial charge in [-0.1, -0.05) is 0 Å². The van der Waals surface area contributed by atoms with Crippen molar-refractivity contribution in [1.29, 1.82) is 0 Å². The molecule has 7 heavy (non-hydrogen) atoms. The molecule has 40 valence electrons. The summed E-state index contributed by atoms with van der Waals surface area (Å²) in [5.74, 6) is 0. The average Bonchev–Trinajstić information content (AvgIpc) is 1.65. The Morgan fingerprint density at radius 3 is 2.29 bits per heavy atom. The SMILES string of the molecule is CC(=CO)C(=O)S. The van der Waals surface area contributed by atoms with Gasteiger partial charge in [0.2, 0.25) is 5.12 Å². The smallest absolute Gasteiger partial charge is 0.215 e. The van der Waals surface area contributed by atoms with Gasteiger partial charge in [0.1, 0.15) is 0 Å². The zero-order chi connectivity index (χ0) is 5.86. The number of aliphatic hydroxyl groups excluding tert-OH is 1. The van der Waals surface area contributed by atoms with Crippen molar-refractivity contribution in [3.8, 4) is 0 Å². The van der Waals surface area contributed by atoms with E-state index in [4.69, 9.17) is 5.11 Å². The van der Waals surface area contributed by atoms with Crippen molar-refractivity contribution in [2.75, 3.05) is 0 Å². The number of thiol groups is 1. The molecule has 0 aliphatic rings. The van der Waals surface area contributed by atoms with Gasteiger partial charge in [-0.05, 0) is 6.92 Å². The van der Waals surface area contributed by atoms with Crippen LogP contribution < -0.4 is 0 Å². The lowest BCUT2D eigenvalue weighted by molar-refractivity contribution is -0.107. The minimum absolute atomic E-state index is 0.253. The van der Waals surface area contributed by atoms with E-state index >= 15 is 0 Å². The lowest BCUT2D eigenvalue weighted by Crippen LogP contribution is -1.85. The fourth-order valence-electron chi connectivity index (χ4n) is 0.0552. The van der Waals surface area contributed by atoms with Crippen LogP contribution in [0.1, 0.15) is 6.92 Å². The van der Waals surface area contributed by atoms with Crippen molar-refractivity contribution in [2.45, 2.75) is 6.92 Å². The van der Waals surface area contributed by atoms with Crippen LogP contribution in [0.5, 0.6) is 0 Å². The number of carbonyl (C=O) groups excluding carboxylic acids is 1. The monoisotopic (exact) mass is 118 g/mol. The molecule has 0 radical (unpaired) electrons. The van der Waals surface area contributed by atoms with Gasteiger partial charge >= 0.3 is 0 Å². The lowest BCUT2D eigenvalue weighted by Gasteiger charge is -1.83. The highest BCUT2D eigenvalue weighted by Crippen LogP contribution is 1.93. The molecule has 0 saturated heterocycles. The van der Waals surface area contributed by atoms with Crippen LogP contribution in [0.25, 0.3) is 0 Å². The summed E-state index contributed by atoms with van der Waals surface area (Å²) >= 11 is 3.41. The normalized spacial score (nSPS) is 11.4. The first-order valence-corrected chi connectivity index (χ1v) is 2.17. The fourth-order valence-corrected chi connectivity index (χ4v) is 0.113. The third-order valence-electron chi connectivity index (χ3n) is 0.531. The molecule has 0 saturated carbocycles. The zero-order valence-corrected chi connectivity index (χ0v) is 4.77. The Labute approximate surface area is 47.3 Å². The zero-order valence-electron chi connectivity index (χ0n) is 3.88. The highest BCUT2D eigenvalue weighted by atomic mass is 32.1. The summed E-state index contributed by atoms with van der Waals surface area (Å²) in [6, 6.07) is 0. The second kappa shape index (κ2) is 2.69. The van der Waals surface area contributed by atoms with Gasteiger partial charge in [0.15, 0.2) is 0 Å². The van der Waals surface area contributed by atoms with Crippen LogP contribution in [0.4, 0.5) is 0 Å². The van der Waals surface area contributed by atoms with Crippen molar-refractivity contribution in [3.05, 3.63) is 11.8 Å². The molecule has 0 aliphatic heterocycles. The molecule has 0 rings (SSSR count). The van der Waals surface area contributed by atoms with Gasteiger partial charge in [-0.3, -0.25) is 4.79 Å². The second-order valence-electron chi connectivity index (χ2n) is 1.12. The minimum Gasteiger partial charge on any atom is -0.515 e. The number of carbonyl (C=O) groups is 1. The van der Waals surface area contributed by atoms with E-state index in [1.165, 1.54) is 6.92 Å². The first kappa shape index (κ1) is 6.56. The van der Waals surface area contributed by atoms with Gasteiger partial charge in [-0.25, -0.2) is 0 Å². The van der Waals surface area contributed by atoms with E-state index in [9.17, 15) is 4.79 Å². The first-order chi connectivity index (χ1) is 3.18. The number of rotatable bonds is 1. The maximum Gasteiger partial charge on any atom is 0.215 e. The van der Waals surface area contributed by atoms with Gasteiger partial charge in [-0.2, -0.15) is 0 Å². The molecule has 0 unspecified atom stereocenters. The molecule has 0 aromatic rings. The predicted molar refractivity (Wildman–Crippen MR) is 30.4 cm³/mol. The van der Waals surface area contributed by atoms with Gasteiger partial charge in [-0.15, -0.1) is 12.6 Å². The predicted octanol–water partition coefficient (Wildman–Crippen LogP) is 0.905. The summed E-state index contributed by atoms with van der Waals surface area (Å²) < 4.78 is 0. The van der Waals surface area contributed by atoms with Crippen molar-refractivity contribution >= 4 is 17.7 Å².